The minimum Gasteiger partial charge on any atom is -0.468 e. The van der Waals surface area contributed by atoms with Crippen molar-refractivity contribution in [2.45, 2.75) is 33.1 Å². The molecule has 0 spiro atoms. The van der Waals surface area contributed by atoms with Gasteiger partial charge in [0.1, 0.15) is 5.76 Å². The molecule has 5 nitrogen and oxygen atoms in total. The normalized spacial score (nSPS) is 10.5. The van der Waals surface area contributed by atoms with E-state index in [2.05, 4.69) is 10.6 Å². The molecule has 0 atom stereocenters. The number of nitrogens with one attached hydrogen (secondary N) is 2. The standard InChI is InChI=1S/C18H22N2O3S/c1-12-6-7-15(13(2)18(12)20-14(3)21)9-19-17(22)11-24-10-16-5-4-8-23-16/h4-8H,9-11H2,1-3H3,(H,19,22)(H,20,21). The SMILES string of the molecule is CC(=O)Nc1c(C)ccc(CNC(=O)CSCc2ccco2)c1C. The Morgan fingerprint density at radius 2 is 2.00 bits per heavy atom. The molecule has 0 aliphatic carbocycles. The van der Waals surface area contributed by atoms with Crippen LogP contribution in [0.25, 0.3) is 0 Å². The number of furan rings is 1. The summed E-state index contributed by atoms with van der Waals surface area (Å²) in [6.45, 7) is 5.83. The van der Waals surface area contributed by atoms with Gasteiger partial charge in [0, 0.05) is 19.2 Å². The number of rotatable bonds is 7. The number of carbonyl (C=O) groups is 2. The van der Waals surface area contributed by atoms with E-state index < -0.39 is 0 Å². The molecule has 128 valence electrons. The Kier molecular flexibility index (Phi) is 6.49. The van der Waals surface area contributed by atoms with Gasteiger partial charge in [-0.25, -0.2) is 0 Å². The van der Waals surface area contributed by atoms with E-state index in [0.29, 0.717) is 18.1 Å². The molecule has 0 saturated heterocycles. The third-order valence-corrected chi connectivity index (χ3v) is 4.58. The molecule has 1 aromatic heterocycles. The molecule has 0 bridgehead atoms. The third-order valence-electron chi connectivity index (χ3n) is 3.62. The quantitative estimate of drug-likeness (QED) is 0.806. The summed E-state index contributed by atoms with van der Waals surface area (Å²) in [5, 5.41) is 5.77. The van der Waals surface area contributed by atoms with Gasteiger partial charge in [0.25, 0.3) is 0 Å². The molecular weight excluding hydrogens is 324 g/mol. The fraction of sp³-hybridized carbons (Fsp3) is 0.333. The molecule has 0 saturated carbocycles. The number of thioether (sulfide) groups is 1. The van der Waals surface area contributed by atoms with Crippen molar-refractivity contribution in [2.24, 2.45) is 0 Å². The number of aryl methyl sites for hydroxylation is 1. The first kappa shape index (κ1) is 18.1. The Labute approximate surface area is 146 Å². The minimum absolute atomic E-state index is 0.0207. The van der Waals surface area contributed by atoms with Gasteiger partial charge in [-0.05, 0) is 42.7 Å². The van der Waals surface area contributed by atoms with Crippen molar-refractivity contribution in [2.75, 3.05) is 11.1 Å². The molecule has 2 aromatic rings. The van der Waals surface area contributed by atoms with Crippen LogP contribution in [0.3, 0.4) is 0 Å². The number of hydrogen-bond donors (Lipinski definition) is 2. The zero-order valence-electron chi connectivity index (χ0n) is 14.1. The molecule has 1 aromatic carbocycles. The van der Waals surface area contributed by atoms with Gasteiger partial charge in [-0.2, -0.15) is 0 Å². The molecule has 0 aliphatic rings. The molecule has 2 amide bonds. The molecule has 0 unspecified atom stereocenters. The van der Waals surface area contributed by atoms with Gasteiger partial charge in [0.05, 0.1) is 17.8 Å². The van der Waals surface area contributed by atoms with Crippen LogP contribution in [0.15, 0.2) is 34.9 Å². The van der Waals surface area contributed by atoms with E-state index in [-0.39, 0.29) is 11.8 Å². The van der Waals surface area contributed by atoms with Crippen molar-refractivity contribution >= 4 is 29.3 Å². The van der Waals surface area contributed by atoms with Crippen molar-refractivity contribution in [3.63, 3.8) is 0 Å². The van der Waals surface area contributed by atoms with Crippen LogP contribution in [0.4, 0.5) is 5.69 Å². The molecule has 0 aliphatic heterocycles. The molecule has 0 radical (unpaired) electrons. The number of carbonyl (C=O) groups excluding carboxylic acids is 2. The Hall–Kier alpha value is -2.21. The van der Waals surface area contributed by atoms with Gasteiger partial charge in [0.2, 0.25) is 11.8 Å². The second-order valence-electron chi connectivity index (χ2n) is 5.57. The number of benzene rings is 1. The van der Waals surface area contributed by atoms with Crippen LogP contribution < -0.4 is 10.6 Å². The Bertz CT molecular complexity index is 711. The first-order valence-electron chi connectivity index (χ1n) is 7.71. The van der Waals surface area contributed by atoms with Gasteiger partial charge >= 0.3 is 0 Å². The van der Waals surface area contributed by atoms with Crippen molar-refractivity contribution in [1.29, 1.82) is 0 Å². The van der Waals surface area contributed by atoms with Crippen LogP contribution in [-0.2, 0) is 21.9 Å². The summed E-state index contributed by atoms with van der Waals surface area (Å²) in [6.07, 6.45) is 1.63. The third kappa shape index (κ3) is 5.16. The summed E-state index contributed by atoms with van der Waals surface area (Å²) in [5.41, 5.74) is 3.80. The fourth-order valence-corrected chi connectivity index (χ4v) is 3.09. The average molecular weight is 346 g/mol. The highest BCUT2D eigenvalue weighted by Gasteiger charge is 2.10. The molecular formula is C18H22N2O3S. The van der Waals surface area contributed by atoms with Gasteiger partial charge in [0.15, 0.2) is 0 Å². The van der Waals surface area contributed by atoms with Crippen LogP contribution in [0.5, 0.6) is 0 Å². The van der Waals surface area contributed by atoms with Gasteiger partial charge in [-0.1, -0.05) is 12.1 Å². The lowest BCUT2D eigenvalue weighted by atomic mass is 10.0. The lowest BCUT2D eigenvalue weighted by molar-refractivity contribution is -0.118. The molecule has 2 N–H and O–H groups in total. The Morgan fingerprint density at radius 1 is 1.21 bits per heavy atom. The van der Waals surface area contributed by atoms with E-state index in [1.54, 1.807) is 6.26 Å². The maximum absolute atomic E-state index is 12.0. The van der Waals surface area contributed by atoms with E-state index >= 15 is 0 Å². The van der Waals surface area contributed by atoms with Crippen LogP contribution in [-0.4, -0.2) is 17.6 Å². The number of amides is 2. The molecule has 6 heteroatoms. The van der Waals surface area contributed by atoms with Crippen molar-refractivity contribution < 1.29 is 14.0 Å². The zero-order valence-corrected chi connectivity index (χ0v) is 15.0. The highest BCUT2D eigenvalue weighted by Crippen LogP contribution is 2.23. The number of anilines is 1. The summed E-state index contributed by atoms with van der Waals surface area (Å²) in [4.78, 5) is 23.3. The van der Waals surface area contributed by atoms with Crippen LogP contribution >= 0.6 is 11.8 Å². The summed E-state index contributed by atoms with van der Waals surface area (Å²) in [6, 6.07) is 7.66. The summed E-state index contributed by atoms with van der Waals surface area (Å²) in [7, 11) is 0. The summed E-state index contributed by atoms with van der Waals surface area (Å²) >= 11 is 1.51. The first-order valence-corrected chi connectivity index (χ1v) is 8.86. The lowest BCUT2D eigenvalue weighted by Crippen LogP contribution is -2.25. The van der Waals surface area contributed by atoms with E-state index in [4.69, 9.17) is 4.42 Å². The number of hydrogen-bond acceptors (Lipinski definition) is 4. The smallest absolute Gasteiger partial charge is 0.230 e. The van der Waals surface area contributed by atoms with Gasteiger partial charge in [-0.15, -0.1) is 11.8 Å². The Balaban J connectivity index is 1.86. The highest BCUT2D eigenvalue weighted by molar-refractivity contribution is 7.99. The minimum atomic E-state index is -0.100. The fourth-order valence-electron chi connectivity index (χ4n) is 2.33. The average Bonchev–Trinajstić information content (AvgIpc) is 3.04. The van der Waals surface area contributed by atoms with Crippen molar-refractivity contribution in [3.8, 4) is 0 Å². The molecule has 2 rings (SSSR count). The van der Waals surface area contributed by atoms with Crippen LogP contribution in [0.2, 0.25) is 0 Å². The largest absolute Gasteiger partial charge is 0.468 e. The van der Waals surface area contributed by atoms with E-state index in [1.165, 1.54) is 18.7 Å². The monoisotopic (exact) mass is 346 g/mol. The predicted molar refractivity (Wildman–Crippen MR) is 96.9 cm³/mol. The van der Waals surface area contributed by atoms with Crippen LogP contribution in [0, 0.1) is 13.8 Å². The Morgan fingerprint density at radius 3 is 2.67 bits per heavy atom. The molecule has 24 heavy (non-hydrogen) atoms. The summed E-state index contributed by atoms with van der Waals surface area (Å²) < 4.78 is 5.23. The maximum atomic E-state index is 12.0. The maximum Gasteiger partial charge on any atom is 0.230 e. The van der Waals surface area contributed by atoms with E-state index in [1.807, 2.05) is 38.1 Å². The van der Waals surface area contributed by atoms with E-state index in [0.717, 1.165) is 28.1 Å². The van der Waals surface area contributed by atoms with Crippen LogP contribution in [0.1, 0.15) is 29.4 Å². The predicted octanol–water partition coefficient (Wildman–Crippen LogP) is 3.40. The topological polar surface area (TPSA) is 71.3 Å². The van der Waals surface area contributed by atoms with Gasteiger partial charge < -0.3 is 15.1 Å². The second-order valence-corrected chi connectivity index (χ2v) is 6.56. The molecule has 0 fully saturated rings. The molecule has 1 heterocycles. The van der Waals surface area contributed by atoms with Gasteiger partial charge in [-0.3, -0.25) is 9.59 Å². The zero-order chi connectivity index (χ0) is 17.5. The second kappa shape index (κ2) is 8.59. The first-order chi connectivity index (χ1) is 11.5. The van der Waals surface area contributed by atoms with E-state index in [9.17, 15) is 9.59 Å². The van der Waals surface area contributed by atoms with Crippen molar-refractivity contribution in [3.05, 3.63) is 53.0 Å². The van der Waals surface area contributed by atoms with Crippen molar-refractivity contribution in [1.82, 2.24) is 5.32 Å². The highest BCUT2D eigenvalue weighted by atomic mass is 32.2. The lowest BCUT2D eigenvalue weighted by Gasteiger charge is -2.15. The summed E-state index contributed by atoms with van der Waals surface area (Å²) in [5.74, 6) is 1.80.